The van der Waals surface area contributed by atoms with Crippen LogP contribution in [0, 0.1) is 11.7 Å². The lowest BCUT2D eigenvalue weighted by Gasteiger charge is -2.08. The van der Waals surface area contributed by atoms with Crippen LogP contribution < -0.4 is 0 Å². The first-order valence-corrected chi connectivity index (χ1v) is 5.40. The van der Waals surface area contributed by atoms with Crippen LogP contribution in [0.1, 0.15) is 19.4 Å². The average molecular weight is 261 g/mol. The molecule has 0 spiro atoms. The summed E-state index contributed by atoms with van der Waals surface area (Å²) < 4.78 is 19.2. The zero-order chi connectivity index (χ0) is 10.6. The Morgan fingerprint density at radius 2 is 2.14 bits per heavy atom. The van der Waals surface area contributed by atoms with Gasteiger partial charge in [0.25, 0.3) is 0 Å². The summed E-state index contributed by atoms with van der Waals surface area (Å²) in [7, 11) is 0. The Morgan fingerprint density at radius 3 is 2.79 bits per heavy atom. The Hall–Kier alpha value is -0.410. The quantitative estimate of drug-likeness (QED) is 0.801. The van der Waals surface area contributed by atoms with Crippen molar-refractivity contribution >= 4 is 15.9 Å². The Bertz CT molecular complexity index is 299. The molecule has 0 bridgehead atoms. The van der Waals surface area contributed by atoms with E-state index < -0.39 is 0 Å². The largest absolute Gasteiger partial charge is 0.376 e. The minimum atomic E-state index is -0.226. The van der Waals surface area contributed by atoms with Crippen molar-refractivity contribution in [2.45, 2.75) is 20.5 Å². The van der Waals surface area contributed by atoms with Gasteiger partial charge in [0.05, 0.1) is 6.61 Å². The topological polar surface area (TPSA) is 9.23 Å². The summed E-state index contributed by atoms with van der Waals surface area (Å²) in [6, 6.07) is 4.61. The summed E-state index contributed by atoms with van der Waals surface area (Å²) in [5, 5.41) is 0. The van der Waals surface area contributed by atoms with Crippen molar-refractivity contribution in [3.8, 4) is 0 Å². The van der Waals surface area contributed by atoms with E-state index in [4.69, 9.17) is 4.74 Å². The molecular formula is C11H14BrFO. The van der Waals surface area contributed by atoms with Gasteiger partial charge in [-0.1, -0.05) is 29.8 Å². The molecule has 3 heteroatoms. The monoisotopic (exact) mass is 260 g/mol. The third-order valence-electron chi connectivity index (χ3n) is 1.72. The van der Waals surface area contributed by atoms with Gasteiger partial charge in [0.1, 0.15) is 5.82 Å². The van der Waals surface area contributed by atoms with Crippen molar-refractivity contribution in [1.29, 1.82) is 0 Å². The second kappa shape index (κ2) is 5.47. The van der Waals surface area contributed by atoms with Gasteiger partial charge in [-0.3, -0.25) is 0 Å². The van der Waals surface area contributed by atoms with Gasteiger partial charge >= 0.3 is 0 Å². The number of benzene rings is 1. The molecule has 14 heavy (non-hydrogen) atoms. The minimum Gasteiger partial charge on any atom is -0.376 e. The number of rotatable bonds is 4. The molecule has 0 aliphatic rings. The number of ether oxygens (including phenoxy) is 1. The third kappa shape index (κ3) is 3.76. The van der Waals surface area contributed by atoms with Crippen molar-refractivity contribution in [2.24, 2.45) is 5.92 Å². The summed E-state index contributed by atoms with van der Waals surface area (Å²) in [5.41, 5.74) is 0.852. The maximum atomic E-state index is 12.9. The summed E-state index contributed by atoms with van der Waals surface area (Å²) in [6.07, 6.45) is 0. The Morgan fingerprint density at radius 1 is 1.43 bits per heavy atom. The van der Waals surface area contributed by atoms with Crippen molar-refractivity contribution in [3.63, 3.8) is 0 Å². The first-order valence-electron chi connectivity index (χ1n) is 4.61. The SMILES string of the molecule is CC(C)COCc1cc(F)ccc1Br. The van der Waals surface area contributed by atoms with Gasteiger partial charge in [-0.15, -0.1) is 0 Å². The van der Waals surface area contributed by atoms with E-state index in [1.54, 1.807) is 6.07 Å². The summed E-state index contributed by atoms with van der Waals surface area (Å²) >= 11 is 3.35. The van der Waals surface area contributed by atoms with Crippen molar-refractivity contribution in [3.05, 3.63) is 34.1 Å². The van der Waals surface area contributed by atoms with E-state index in [1.165, 1.54) is 12.1 Å². The lowest BCUT2D eigenvalue weighted by molar-refractivity contribution is 0.0965. The van der Waals surface area contributed by atoms with E-state index in [2.05, 4.69) is 29.8 Å². The predicted molar refractivity (Wildman–Crippen MR) is 58.6 cm³/mol. The van der Waals surface area contributed by atoms with Crippen LogP contribution in [0.3, 0.4) is 0 Å². The van der Waals surface area contributed by atoms with Crippen molar-refractivity contribution in [2.75, 3.05) is 6.61 Å². The smallest absolute Gasteiger partial charge is 0.123 e. The Kier molecular flexibility index (Phi) is 4.55. The van der Waals surface area contributed by atoms with E-state index in [0.29, 0.717) is 19.1 Å². The molecule has 0 saturated carbocycles. The van der Waals surface area contributed by atoms with Gasteiger partial charge in [0, 0.05) is 11.1 Å². The minimum absolute atomic E-state index is 0.226. The number of hydrogen-bond donors (Lipinski definition) is 0. The molecule has 0 unspecified atom stereocenters. The molecule has 1 aromatic rings. The molecule has 0 N–H and O–H groups in total. The van der Waals surface area contributed by atoms with E-state index in [1.807, 2.05) is 0 Å². The fraction of sp³-hybridized carbons (Fsp3) is 0.455. The lowest BCUT2D eigenvalue weighted by Crippen LogP contribution is -2.02. The molecule has 1 rings (SSSR count). The first kappa shape index (κ1) is 11.7. The molecule has 0 fully saturated rings. The van der Waals surface area contributed by atoms with Crippen LogP contribution >= 0.6 is 15.9 Å². The van der Waals surface area contributed by atoms with Gasteiger partial charge in [0.2, 0.25) is 0 Å². The molecular weight excluding hydrogens is 247 g/mol. The zero-order valence-corrected chi connectivity index (χ0v) is 9.97. The van der Waals surface area contributed by atoms with Crippen LogP contribution in [0.4, 0.5) is 4.39 Å². The number of hydrogen-bond acceptors (Lipinski definition) is 1. The van der Waals surface area contributed by atoms with Crippen LogP contribution in [0.2, 0.25) is 0 Å². The molecule has 1 nitrogen and oxygen atoms in total. The van der Waals surface area contributed by atoms with Gasteiger partial charge in [-0.05, 0) is 29.7 Å². The molecule has 78 valence electrons. The second-order valence-electron chi connectivity index (χ2n) is 3.64. The molecule has 0 amide bonds. The maximum absolute atomic E-state index is 12.9. The summed E-state index contributed by atoms with van der Waals surface area (Å²) in [4.78, 5) is 0. The highest BCUT2D eigenvalue weighted by Crippen LogP contribution is 2.18. The third-order valence-corrected chi connectivity index (χ3v) is 2.49. The normalized spacial score (nSPS) is 10.9. The van der Waals surface area contributed by atoms with E-state index in [0.717, 1.165) is 10.0 Å². The van der Waals surface area contributed by atoms with E-state index in [9.17, 15) is 4.39 Å². The second-order valence-corrected chi connectivity index (χ2v) is 4.50. The van der Waals surface area contributed by atoms with Crippen LogP contribution in [0.15, 0.2) is 22.7 Å². The molecule has 0 heterocycles. The fourth-order valence-electron chi connectivity index (χ4n) is 1.06. The first-order chi connectivity index (χ1) is 6.59. The number of halogens is 2. The predicted octanol–water partition coefficient (Wildman–Crippen LogP) is 3.76. The van der Waals surface area contributed by atoms with Crippen LogP contribution in [-0.4, -0.2) is 6.61 Å². The molecule has 0 aliphatic carbocycles. The zero-order valence-electron chi connectivity index (χ0n) is 8.39. The maximum Gasteiger partial charge on any atom is 0.123 e. The molecule has 1 aromatic carbocycles. The average Bonchev–Trinajstić information content (AvgIpc) is 2.10. The lowest BCUT2D eigenvalue weighted by atomic mass is 10.2. The fourth-order valence-corrected chi connectivity index (χ4v) is 1.42. The van der Waals surface area contributed by atoms with Gasteiger partial charge in [-0.2, -0.15) is 0 Å². The van der Waals surface area contributed by atoms with Crippen molar-refractivity contribution in [1.82, 2.24) is 0 Å². The summed E-state index contributed by atoms with van der Waals surface area (Å²) in [5.74, 6) is 0.277. The standard InChI is InChI=1S/C11H14BrFO/c1-8(2)6-14-7-9-5-10(13)3-4-11(9)12/h3-5,8H,6-7H2,1-2H3. The molecule has 0 aliphatic heterocycles. The van der Waals surface area contributed by atoms with Gasteiger partial charge in [0.15, 0.2) is 0 Å². The molecule has 0 atom stereocenters. The highest BCUT2D eigenvalue weighted by atomic mass is 79.9. The van der Waals surface area contributed by atoms with Crippen LogP contribution in [0.5, 0.6) is 0 Å². The molecule has 0 aromatic heterocycles. The molecule has 0 radical (unpaired) electrons. The van der Waals surface area contributed by atoms with E-state index in [-0.39, 0.29) is 5.82 Å². The Labute approximate surface area is 92.4 Å². The van der Waals surface area contributed by atoms with Crippen LogP contribution in [-0.2, 0) is 11.3 Å². The van der Waals surface area contributed by atoms with Crippen LogP contribution in [0.25, 0.3) is 0 Å². The summed E-state index contributed by atoms with van der Waals surface area (Å²) in [6.45, 7) is 5.32. The Balaban J connectivity index is 2.53. The van der Waals surface area contributed by atoms with Gasteiger partial charge in [-0.25, -0.2) is 4.39 Å². The highest BCUT2D eigenvalue weighted by molar-refractivity contribution is 9.10. The van der Waals surface area contributed by atoms with Gasteiger partial charge < -0.3 is 4.74 Å². The van der Waals surface area contributed by atoms with Crippen molar-refractivity contribution < 1.29 is 9.13 Å². The highest BCUT2D eigenvalue weighted by Gasteiger charge is 2.02. The van der Waals surface area contributed by atoms with E-state index >= 15 is 0 Å². The molecule has 0 saturated heterocycles.